The van der Waals surface area contributed by atoms with E-state index >= 15 is 0 Å². The molecule has 0 N–H and O–H groups in total. The van der Waals surface area contributed by atoms with Gasteiger partial charge in [0.25, 0.3) is 0 Å². The van der Waals surface area contributed by atoms with Gasteiger partial charge in [-0.05, 0) is 35.4 Å². The predicted molar refractivity (Wildman–Crippen MR) is 102 cm³/mol. The molecule has 3 aromatic rings. The third-order valence-electron chi connectivity index (χ3n) is 4.82. The Morgan fingerprint density at radius 2 is 1.72 bits per heavy atom. The Balaban J connectivity index is 1.76. The molecule has 0 radical (unpaired) electrons. The van der Waals surface area contributed by atoms with E-state index in [9.17, 15) is 0 Å². The molecule has 5 rings (SSSR count). The Hall–Kier alpha value is -2.55. The van der Waals surface area contributed by atoms with E-state index in [1.165, 1.54) is 16.7 Å². The molecule has 0 saturated carbocycles. The zero-order chi connectivity index (χ0) is 16.8. The summed E-state index contributed by atoms with van der Waals surface area (Å²) in [7, 11) is 0. The molecule has 0 spiro atoms. The molecule has 1 unspecified atom stereocenters. The number of anilines is 1. The Bertz CT molecular complexity index is 980. The molecule has 2 heterocycles. The SMILES string of the molecule is Clc1ccc2c(c1)COC1c3ccccc3C=C(c3ccccc3)N21. The second-order valence-electron chi connectivity index (χ2n) is 6.33. The summed E-state index contributed by atoms with van der Waals surface area (Å²) in [5, 5.41) is 0.739. The summed E-state index contributed by atoms with van der Waals surface area (Å²) >= 11 is 6.20. The first-order chi connectivity index (χ1) is 12.3. The van der Waals surface area contributed by atoms with E-state index in [2.05, 4.69) is 65.6 Å². The maximum Gasteiger partial charge on any atom is 0.161 e. The van der Waals surface area contributed by atoms with Crippen molar-refractivity contribution < 1.29 is 4.74 Å². The lowest BCUT2D eigenvalue weighted by Crippen LogP contribution is -2.35. The Morgan fingerprint density at radius 1 is 0.920 bits per heavy atom. The molecule has 0 amide bonds. The number of rotatable bonds is 1. The Morgan fingerprint density at radius 3 is 2.60 bits per heavy atom. The minimum absolute atomic E-state index is 0.120. The fourth-order valence-corrected chi connectivity index (χ4v) is 3.87. The van der Waals surface area contributed by atoms with E-state index in [0.717, 1.165) is 22.0 Å². The molecule has 2 aliphatic rings. The summed E-state index contributed by atoms with van der Waals surface area (Å²) in [6.45, 7) is 0.563. The van der Waals surface area contributed by atoms with Crippen LogP contribution in [-0.4, -0.2) is 0 Å². The highest BCUT2D eigenvalue weighted by Gasteiger charge is 2.35. The lowest BCUT2D eigenvalue weighted by Gasteiger charge is -2.43. The van der Waals surface area contributed by atoms with E-state index in [0.29, 0.717) is 6.61 Å². The van der Waals surface area contributed by atoms with Crippen molar-refractivity contribution in [1.29, 1.82) is 0 Å². The largest absolute Gasteiger partial charge is 0.349 e. The minimum Gasteiger partial charge on any atom is -0.349 e. The second kappa shape index (κ2) is 5.76. The number of nitrogens with zero attached hydrogens (tertiary/aromatic N) is 1. The highest BCUT2D eigenvalue weighted by molar-refractivity contribution is 6.30. The van der Waals surface area contributed by atoms with E-state index in [1.54, 1.807) is 0 Å². The number of hydrogen-bond donors (Lipinski definition) is 0. The van der Waals surface area contributed by atoms with Crippen LogP contribution in [0.1, 0.15) is 28.5 Å². The molecule has 0 bridgehead atoms. The van der Waals surface area contributed by atoms with E-state index < -0.39 is 0 Å². The van der Waals surface area contributed by atoms with Gasteiger partial charge in [-0.25, -0.2) is 0 Å². The van der Waals surface area contributed by atoms with Crippen molar-refractivity contribution in [3.63, 3.8) is 0 Å². The van der Waals surface area contributed by atoms with Gasteiger partial charge in [0.1, 0.15) is 0 Å². The Kier molecular flexibility index (Phi) is 3.40. The highest BCUT2D eigenvalue weighted by atomic mass is 35.5. The van der Waals surface area contributed by atoms with Gasteiger partial charge < -0.3 is 9.64 Å². The summed E-state index contributed by atoms with van der Waals surface area (Å²) in [6, 6.07) is 24.9. The van der Waals surface area contributed by atoms with E-state index in [1.807, 2.05) is 18.2 Å². The van der Waals surface area contributed by atoms with Crippen LogP contribution in [0.3, 0.4) is 0 Å². The maximum atomic E-state index is 6.27. The van der Waals surface area contributed by atoms with Crippen LogP contribution >= 0.6 is 11.6 Å². The molecule has 2 nitrogen and oxygen atoms in total. The highest BCUT2D eigenvalue weighted by Crippen LogP contribution is 2.47. The number of ether oxygens (including phenoxy) is 1. The molecule has 0 aliphatic carbocycles. The third-order valence-corrected chi connectivity index (χ3v) is 5.05. The number of halogens is 1. The quantitative estimate of drug-likeness (QED) is 0.545. The van der Waals surface area contributed by atoms with E-state index in [-0.39, 0.29) is 6.23 Å². The standard InChI is InChI=1S/C22H16ClNO/c23-18-10-11-20-17(12-18)14-25-22-19-9-5-4-8-16(19)13-21(24(20)22)15-6-2-1-3-7-15/h1-13,22H,14H2. The van der Waals surface area contributed by atoms with E-state index in [4.69, 9.17) is 16.3 Å². The molecule has 2 aliphatic heterocycles. The first kappa shape index (κ1) is 14.8. The van der Waals surface area contributed by atoms with Crippen LogP contribution in [0.5, 0.6) is 0 Å². The molecule has 122 valence electrons. The number of benzene rings is 3. The molecule has 25 heavy (non-hydrogen) atoms. The normalized spacial score (nSPS) is 18.0. The molecule has 0 saturated heterocycles. The van der Waals surface area contributed by atoms with Crippen molar-refractivity contribution in [1.82, 2.24) is 0 Å². The lowest BCUT2D eigenvalue weighted by atomic mass is 9.94. The molecule has 3 heteroatoms. The topological polar surface area (TPSA) is 12.5 Å². The third kappa shape index (κ3) is 2.38. The smallest absolute Gasteiger partial charge is 0.161 e. The molecule has 0 fully saturated rings. The Labute approximate surface area is 151 Å². The zero-order valence-electron chi connectivity index (χ0n) is 13.5. The van der Waals surface area contributed by atoms with Crippen LogP contribution in [0.15, 0.2) is 72.8 Å². The summed E-state index contributed by atoms with van der Waals surface area (Å²) in [4.78, 5) is 2.28. The van der Waals surface area contributed by atoms with Gasteiger partial charge in [-0.15, -0.1) is 0 Å². The molecule has 1 atom stereocenters. The average Bonchev–Trinajstić information content (AvgIpc) is 2.67. The second-order valence-corrected chi connectivity index (χ2v) is 6.77. The molecular weight excluding hydrogens is 330 g/mol. The van der Waals surface area contributed by atoms with Crippen molar-refractivity contribution >= 4 is 29.1 Å². The van der Waals surface area contributed by atoms with Crippen LogP contribution < -0.4 is 4.90 Å². The molecule has 3 aromatic carbocycles. The van der Waals surface area contributed by atoms with Crippen LogP contribution in [-0.2, 0) is 11.3 Å². The number of hydrogen-bond acceptors (Lipinski definition) is 2. The fourth-order valence-electron chi connectivity index (χ4n) is 3.67. The van der Waals surface area contributed by atoms with Gasteiger partial charge >= 0.3 is 0 Å². The van der Waals surface area contributed by atoms with Crippen molar-refractivity contribution in [3.8, 4) is 0 Å². The van der Waals surface area contributed by atoms with Gasteiger partial charge in [-0.1, -0.05) is 66.2 Å². The van der Waals surface area contributed by atoms with Gasteiger partial charge in [-0.2, -0.15) is 0 Å². The lowest BCUT2D eigenvalue weighted by molar-refractivity contribution is 0.0344. The van der Waals surface area contributed by atoms with Crippen molar-refractivity contribution in [2.45, 2.75) is 12.8 Å². The first-order valence-corrected chi connectivity index (χ1v) is 8.74. The predicted octanol–water partition coefficient (Wildman–Crippen LogP) is 5.89. The summed E-state index contributed by atoms with van der Waals surface area (Å²) in [5.74, 6) is 0. The van der Waals surface area contributed by atoms with Crippen molar-refractivity contribution in [2.24, 2.45) is 0 Å². The fraction of sp³-hybridized carbons (Fsp3) is 0.0909. The monoisotopic (exact) mass is 345 g/mol. The molecule has 0 aromatic heterocycles. The average molecular weight is 346 g/mol. The zero-order valence-corrected chi connectivity index (χ0v) is 14.3. The van der Waals surface area contributed by atoms with Crippen molar-refractivity contribution in [3.05, 3.63) is 100 Å². The van der Waals surface area contributed by atoms with Gasteiger partial charge in [0, 0.05) is 21.8 Å². The summed E-state index contributed by atoms with van der Waals surface area (Å²) in [6.07, 6.45) is 2.12. The summed E-state index contributed by atoms with van der Waals surface area (Å²) < 4.78 is 6.27. The van der Waals surface area contributed by atoms with Crippen LogP contribution in [0.2, 0.25) is 5.02 Å². The van der Waals surface area contributed by atoms with Crippen molar-refractivity contribution in [2.75, 3.05) is 4.90 Å². The van der Waals surface area contributed by atoms with Gasteiger partial charge in [0.2, 0.25) is 0 Å². The maximum absolute atomic E-state index is 6.27. The van der Waals surface area contributed by atoms with Gasteiger partial charge in [0.05, 0.1) is 12.3 Å². The van der Waals surface area contributed by atoms with Crippen LogP contribution in [0.4, 0.5) is 5.69 Å². The van der Waals surface area contributed by atoms with Crippen LogP contribution in [0.25, 0.3) is 11.8 Å². The van der Waals surface area contributed by atoms with Crippen LogP contribution in [0, 0.1) is 0 Å². The number of fused-ring (bicyclic) bond motifs is 5. The van der Waals surface area contributed by atoms with Gasteiger partial charge in [-0.3, -0.25) is 0 Å². The molecular formula is C22H16ClNO. The first-order valence-electron chi connectivity index (χ1n) is 8.36. The minimum atomic E-state index is -0.120. The van der Waals surface area contributed by atoms with Gasteiger partial charge in [0.15, 0.2) is 6.23 Å². The summed E-state index contributed by atoms with van der Waals surface area (Å²) in [5.41, 5.74) is 7.00.